The summed E-state index contributed by atoms with van der Waals surface area (Å²) in [6.07, 6.45) is 18.4. The van der Waals surface area contributed by atoms with E-state index in [0.717, 1.165) is 0 Å². The molecule has 1 aliphatic heterocycles. The van der Waals surface area contributed by atoms with Gasteiger partial charge in [0.2, 0.25) is 0 Å². The molecule has 1 saturated heterocycles. The predicted octanol–water partition coefficient (Wildman–Crippen LogP) is 5.81. The van der Waals surface area contributed by atoms with Gasteiger partial charge in [0.05, 0.1) is 16.4 Å². The average molecular weight is 334 g/mol. The molecule has 0 radical (unpaired) electrons. The third kappa shape index (κ3) is 2.80. The van der Waals surface area contributed by atoms with Gasteiger partial charge in [-0.05, 0) is 41.5 Å². The topological polar surface area (TPSA) is 6.48 Å². The van der Waals surface area contributed by atoms with Gasteiger partial charge in [-0.2, -0.15) is 0 Å². The van der Waals surface area contributed by atoms with Crippen molar-refractivity contribution in [2.24, 2.45) is 0 Å². The van der Waals surface area contributed by atoms with E-state index in [1.165, 1.54) is 0 Å². The fourth-order valence-corrected chi connectivity index (χ4v) is 11.4. The monoisotopic (exact) mass is 334 g/mol. The Morgan fingerprint density at radius 2 is 0.864 bits per heavy atom. The number of hydrogen-bond acceptors (Lipinski definition) is 2. The average Bonchev–Trinajstić information content (AvgIpc) is 2.95. The van der Waals surface area contributed by atoms with Crippen LogP contribution in [0, 0.1) is 0 Å². The highest BCUT2D eigenvalue weighted by molar-refractivity contribution is 7.83. The number of nitrogens with zero attached hydrogens (tertiary/aromatic N) is 2. The lowest BCUT2D eigenvalue weighted by Crippen LogP contribution is -2.56. The maximum Gasteiger partial charge on any atom is 0.0612 e. The van der Waals surface area contributed by atoms with Crippen LogP contribution in [0.5, 0.6) is 0 Å². The molecule has 0 saturated carbocycles. The SMILES string of the molecule is CC(C)(C)N1P(C2C=CC=C2)N(C(C)(C)C)P1C1C=CC=C1. The molecule has 3 rings (SSSR count). The van der Waals surface area contributed by atoms with E-state index in [4.69, 9.17) is 0 Å². The Morgan fingerprint density at radius 1 is 0.591 bits per heavy atom. The molecule has 0 aromatic heterocycles. The Balaban J connectivity index is 1.98. The van der Waals surface area contributed by atoms with Crippen molar-refractivity contribution in [2.45, 2.75) is 63.9 Å². The van der Waals surface area contributed by atoms with Crippen LogP contribution in [-0.4, -0.2) is 31.3 Å². The first kappa shape index (κ1) is 16.6. The van der Waals surface area contributed by atoms with Crippen molar-refractivity contribution < 1.29 is 0 Å². The van der Waals surface area contributed by atoms with Crippen molar-refractivity contribution in [2.75, 3.05) is 0 Å². The van der Waals surface area contributed by atoms with Gasteiger partial charge in [0.25, 0.3) is 0 Å². The summed E-state index contributed by atoms with van der Waals surface area (Å²) >= 11 is 0. The molecule has 2 nitrogen and oxygen atoms in total. The van der Waals surface area contributed by atoms with Crippen LogP contribution in [0.15, 0.2) is 48.6 Å². The molecule has 120 valence electrons. The summed E-state index contributed by atoms with van der Waals surface area (Å²) < 4.78 is 5.69. The van der Waals surface area contributed by atoms with Crippen LogP contribution in [0.1, 0.15) is 41.5 Å². The van der Waals surface area contributed by atoms with Gasteiger partial charge < -0.3 is 0 Å². The third-order valence-electron chi connectivity index (χ3n) is 3.97. The Kier molecular flexibility index (Phi) is 4.28. The van der Waals surface area contributed by atoms with Crippen molar-refractivity contribution in [3.8, 4) is 0 Å². The van der Waals surface area contributed by atoms with Gasteiger partial charge >= 0.3 is 0 Å². The van der Waals surface area contributed by atoms with Gasteiger partial charge in [0.15, 0.2) is 0 Å². The molecule has 0 amide bonds. The van der Waals surface area contributed by atoms with E-state index in [1.54, 1.807) is 0 Å². The molecule has 2 aliphatic carbocycles. The third-order valence-corrected chi connectivity index (χ3v) is 11.9. The molecule has 0 aromatic rings. The van der Waals surface area contributed by atoms with Gasteiger partial charge in [-0.1, -0.05) is 48.6 Å². The molecular formula is C18H28N2P2. The van der Waals surface area contributed by atoms with Crippen molar-refractivity contribution in [1.29, 1.82) is 0 Å². The smallest absolute Gasteiger partial charge is 0.0612 e. The Hall–Kier alpha value is -0.260. The summed E-state index contributed by atoms with van der Waals surface area (Å²) in [4.78, 5) is 0. The summed E-state index contributed by atoms with van der Waals surface area (Å²) in [6.45, 7) is 14.3. The summed E-state index contributed by atoms with van der Waals surface area (Å²) in [5.41, 5.74) is 1.57. The standard InChI is InChI=1S/C18H28N2P2/c1-17(2,3)19-21(15-11-7-8-12-15)20(18(4,5)6)22(19)16-13-9-10-14-16/h7-16H,1-6H3. The molecule has 0 aromatic carbocycles. The van der Waals surface area contributed by atoms with Crippen LogP contribution < -0.4 is 0 Å². The Morgan fingerprint density at radius 3 is 1.09 bits per heavy atom. The number of hydrogen-bond donors (Lipinski definition) is 0. The van der Waals surface area contributed by atoms with Crippen LogP contribution in [0.25, 0.3) is 0 Å². The first-order chi connectivity index (χ1) is 10.2. The number of allylic oxidation sites excluding steroid dienone is 8. The maximum absolute atomic E-state index is 2.85. The van der Waals surface area contributed by atoms with E-state index in [9.17, 15) is 0 Å². The maximum atomic E-state index is 2.85. The van der Waals surface area contributed by atoms with Gasteiger partial charge in [-0.15, -0.1) is 0 Å². The highest BCUT2D eigenvalue weighted by Crippen LogP contribution is 2.84. The zero-order valence-corrected chi connectivity index (χ0v) is 16.4. The van der Waals surface area contributed by atoms with Crippen molar-refractivity contribution in [3.05, 3.63) is 48.6 Å². The zero-order chi connectivity index (χ0) is 16.1. The van der Waals surface area contributed by atoms with Crippen molar-refractivity contribution >= 4 is 16.4 Å². The van der Waals surface area contributed by atoms with Crippen LogP contribution >= 0.6 is 16.4 Å². The van der Waals surface area contributed by atoms with Crippen molar-refractivity contribution in [3.63, 3.8) is 0 Å². The lowest BCUT2D eigenvalue weighted by molar-refractivity contribution is 0.280. The minimum Gasteiger partial charge on any atom is -0.227 e. The molecule has 3 aliphatic rings. The second-order valence-electron chi connectivity index (χ2n) is 8.08. The first-order valence-electron chi connectivity index (χ1n) is 8.10. The molecule has 1 heterocycles. The van der Waals surface area contributed by atoms with E-state index in [-0.39, 0.29) is 27.5 Å². The fraction of sp³-hybridized carbons (Fsp3) is 0.556. The molecule has 0 unspecified atom stereocenters. The highest BCUT2D eigenvalue weighted by Gasteiger charge is 2.58. The lowest BCUT2D eigenvalue weighted by atomic mass is 10.1. The van der Waals surface area contributed by atoms with Gasteiger partial charge in [-0.25, -0.2) is 8.88 Å². The molecule has 4 heteroatoms. The molecule has 0 atom stereocenters. The van der Waals surface area contributed by atoms with Gasteiger partial charge in [0, 0.05) is 22.4 Å². The minimum atomic E-state index is -0.303. The van der Waals surface area contributed by atoms with Crippen LogP contribution in [0.4, 0.5) is 0 Å². The predicted molar refractivity (Wildman–Crippen MR) is 101 cm³/mol. The summed E-state index contributed by atoms with van der Waals surface area (Å²) in [5.74, 6) is 0. The largest absolute Gasteiger partial charge is 0.227 e. The van der Waals surface area contributed by atoms with Crippen LogP contribution in [0.2, 0.25) is 0 Å². The van der Waals surface area contributed by atoms with Crippen LogP contribution in [0.3, 0.4) is 0 Å². The molecule has 0 N–H and O–H groups in total. The molecule has 0 spiro atoms. The lowest BCUT2D eigenvalue weighted by Gasteiger charge is -2.67. The second-order valence-corrected chi connectivity index (χ2v) is 12.8. The normalized spacial score (nSPS) is 30.6. The highest BCUT2D eigenvalue weighted by atomic mass is 31.3. The van der Waals surface area contributed by atoms with E-state index >= 15 is 0 Å². The van der Waals surface area contributed by atoms with E-state index in [1.807, 2.05) is 0 Å². The molecule has 22 heavy (non-hydrogen) atoms. The van der Waals surface area contributed by atoms with Crippen LogP contribution in [-0.2, 0) is 0 Å². The van der Waals surface area contributed by atoms with E-state index < -0.39 is 0 Å². The van der Waals surface area contributed by atoms with E-state index in [2.05, 4.69) is 99.0 Å². The second kappa shape index (κ2) is 5.67. The number of rotatable bonds is 2. The Bertz CT molecular complexity index is 466. The quantitative estimate of drug-likeness (QED) is 0.588. The molecular weight excluding hydrogens is 306 g/mol. The van der Waals surface area contributed by atoms with Crippen molar-refractivity contribution in [1.82, 2.24) is 8.88 Å². The fourth-order valence-electron chi connectivity index (χ4n) is 3.20. The van der Waals surface area contributed by atoms with Gasteiger partial charge in [-0.3, -0.25) is 0 Å². The first-order valence-corrected chi connectivity index (χ1v) is 10.7. The van der Waals surface area contributed by atoms with Gasteiger partial charge in [0.1, 0.15) is 0 Å². The summed E-state index contributed by atoms with van der Waals surface area (Å²) in [7, 11) is -0.606. The summed E-state index contributed by atoms with van der Waals surface area (Å²) in [6, 6.07) is 0. The minimum absolute atomic E-state index is 0.216. The summed E-state index contributed by atoms with van der Waals surface area (Å²) in [5, 5.41) is 0. The molecule has 1 fully saturated rings. The van der Waals surface area contributed by atoms with E-state index in [0.29, 0.717) is 11.3 Å². The zero-order valence-electron chi connectivity index (χ0n) is 14.6. The Labute approximate surface area is 138 Å². The molecule has 0 bridgehead atoms.